The van der Waals surface area contributed by atoms with Gasteiger partial charge in [0.05, 0.1) is 0 Å². The Hall–Kier alpha value is -2.02. The number of rotatable bonds is 2. The maximum absolute atomic E-state index is 3.47. The predicted octanol–water partition coefficient (Wildman–Crippen LogP) is 5.34. The highest BCUT2D eigenvalue weighted by atomic mass is 14.7. The number of hydrogen-bond acceptors (Lipinski definition) is 0. The molecule has 1 aliphatic rings. The number of aromatic amines is 1. The zero-order valence-electron chi connectivity index (χ0n) is 12.5. The molecular weight excluding hydrogens is 254 g/mol. The van der Waals surface area contributed by atoms with Crippen molar-refractivity contribution in [2.75, 3.05) is 0 Å². The minimum Gasteiger partial charge on any atom is -0.361 e. The normalized spacial score (nSPS) is 17.4. The van der Waals surface area contributed by atoms with Gasteiger partial charge in [0, 0.05) is 22.5 Å². The SMILES string of the molecule is Cc1ccc(C2(c3c[nH]c4ccccc34)CCCC2)cc1. The molecule has 2 aromatic carbocycles. The second-order valence-electron chi connectivity index (χ2n) is 6.40. The van der Waals surface area contributed by atoms with Crippen LogP contribution >= 0.6 is 0 Å². The molecule has 0 aliphatic heterocycles. The topological polar surface area (TPSA) is 15.8 Å². The molecule has 1 N–H and O–H groups in total. The summed E-state index contributed by atoms with van der Waals surface area (Å²) in [7, 11) is 0. The van der Waals surface area contributed by atoms with Gasteiger partial charge in [0.2, 0.25) is 0 Å². The molecule has 0 atom stereocenters. The van der Waals surface area contributed by atoms with Crippen LogP contribution in [0.15, 0.2) is 54.7 Å². The summed E-state index contributed by atoms with van der Waals surface area (Å²) in [5, 5.41) is 1.39. The van der Waals surface area contributed by atoms with E-state index in [4.69, 9.17) is 0 Å². The molecule has 1 saturated carbocycles. The van der Waals surface area contributed by atoms with E-state index < -0.39 is 0 Å². The second kappa shape index (κ2) is 4.77. The molecule has 1 aromatic heterocycles. The van der Waals surface area contributed by atoms with Crippen LogP contribution in [0.4, 0.5) is 0 Å². The summed E-state index contributed by atoms with van der Waals surface area (Å²) in [6, 6.07) is 17.9. The fraction of sp³-hybridized carbons (Fsp3) is 0.300. The highest BCUT2D eigenvalue weighted by molar-refractivity contribution is 5.85. The summed E-state index contributed by atoms with van der Waals surface area (Å²) in [5.41, 5.74) is 5.76. The molecule has 1 fully saturated rings. The Morgan fingerprint density at radius 3 is 2.38 bits per heavy atom. The van der Waals surface area contributed by atoms with Crippen molar-refractivity contribution in [3.63, 3.8) is 0 Å². The molecule has 1 aliphatic carbocycles. The standard InChI is InChI=1S/C20H21N/c1-15-8-10-16(11-9-15)20(12-4-5-13-20)18-14-21-19-7-3-2-6-17(18)19/h2-3,6-11,14,21H,4-5,12-13H2,1H3. The minimum absolute atomic E-state index is 0.202. The van der Waals surface area contributed by atoms with Crippen LogP contribution in [0.1, 0.15) is 42.4 Å². The summed E-state index contributed by atoms with van der Waals surface area (Å²) in [6.45, 7) is 2.16. The first-order valence-electron chi connectivity index (χ1n) is 7.93. The summed E-state index contributed by atoms with van der Waals surface area (Å²) in [4.78, 5) is 3.47. The molecule has 4 rings (SSSR count). The van der Waals surface area contributed by atoms with E-state index in [1.165, 1.54) is 53.3 Å². The molecule has 21 heavy (non-hydrogen) atoms. The average Bonchev–Trinajstić information content (AvgIpc) is 3.15. The lowest BCUT2D eigenvalue weighted by Gasteiger charge is -2.30. The highest BCUT2D eigenvalue weighted by Gasteiger charge is 2.38. The molecule has 0 spiro atoms. The number of nitrogens with one attached hydrogen (secondary N) is 1. The molecule has 0 amide bonds. The van der Waals surface area contributed by atoms with Crippen LogP contribution in [0.3, 0.4) is 0 Å². The Balaban J connectivity index is 1.93. The van der Waals surface area contributed by atoms with E-state index in [0.717, 1.165) is 0 Å². The number of hydrogen-bond donors (Lipinski definition) is 1. The highest BCUT2D eigenvalue weighted by Crippen LogP contribution is 2.48. The third-order valence-electron chi connectivity index (χ3n) is 5.17. The van der Waals surface area contributed by atoms with E-state index in [1.807, 2.05) is 0 Å². The van der Waals surface area contributed by atoms with Crippen LogP contribution in [-0.2, 0) is 5.41 Å². The fourth-order valence-electron chi connectivity index (χ4n) is 4.03. The van der Waals surface area contributed by atoms with E-state index in [2.05, 4.69) is 66.6 Å². The molecule has 1 nitrogen and oxygen atoms in total. The monoisotopic (exact) mass is 275 g/mol. The van der Waals surface area contributed by atoms with Crippen molar-refractivity contribution in [3.05, 3.63) is 71.4 Å². The quantitative estimate of drug-likeness (QED) is 0.650. The molecule has 0 radical (unpaired) electrons. The number of para-hydroxylation sites is 1. The first-order chi connectivity index (χ1) is 10.3. The molecule has 0 bridgehead atoms. The van der Waals surface area contributed by atoms with Gasteiger partial charge in [-0.1, -0.05) is 60.9 Å². The van der Waals surface area contributed by atoms with Crippen molar-refractivity contribution in [2.24, 2.45) is 0 Å². The van der Waals surface area contributed by atoms with Gasteiger partial charge in [-0.05, 0) is 37.0 Å². The van der Waals surface area contributed by atoms with Gasteiger partial charge in [-0.2, -0.15) is 0 Å². The average molecular weight is 275 g/mol. The van der Waals surface area contributed by atoms with Gasteiger partial charge in [0.15, 0.2) is 0 Å². The van der Waals surface area contributed by atoms with E-state index in [1.54, 1.807) is 0 Å². The van der Waals surface area contributed by atoms with E-state index >= 15 is 0 Å². The minimum atomic E-state index is 0.202. The predicted molar refractivity (Wildman–Crippen MR) is 88.7 cm³/mol. The maximum Gasteiger partial charge on any atom is 0.0457 e. The zero-order valence-corrected chi connectivity index (χ0v) is 12.5. The smallest absolute Gasteiger partial charge is 0.0457 e. The van der Waals surface area contributed by atoms with Gasteiger partial charge < -0.3 is 4.98 Å². The van der Waals surface area contributed by atoms with Crippen molar-refractivity contribution >= 4 is 10.9 Å². The first-order valence-corrected chi connectivity index (χ1v) is 7.93. The van der Waals surface area contributed by atoms with Crippen molar-refractivity contribution in [3.8, 4) is 0 Å². The molecular formula is C20H21N. The molecule has 1 heteroatoms. The van der Waals surface area contributed by atoms with Crippen LogP contribution < -0.4 is 0 Å². The number of fused-ring (bicyclic) bond motifs is 1. The number of benzene rings is 2. The molecule has 1 heterocycles. The second-order valence-corrected chi connectivity index (χ2v) is 6.40. The Kier molecular flexibility index (Phi) is 2.88. The fourth-order valence-corrected chi connectivity index (χ4v) is 4.03. The lowest BCUT2D eigenvalue weighted by atomic mass is 9.73. The summed E-state index contributed by atoms with van der Waals surface area (Å²) in [6.07, 6.45) is 7.42. The Labute approximate surface area is 126 Å². The zero-order chi connectivity index (χ0) is 14.3. The molecule has 0 saturated heterocycles. The third kappa shape index (κ3) is 1.91. The van der Waals surface area contributed by atoms with Gasteiger partial charge in [0.25, 0.3) is 0 Å². The number of aromatic nitrogens is 1. The third-order valence-corrected chi connectivity index (χ3v) is 5.17. The lowest BCUT2D eigenvalue weighted by molar-refractivity contribution is 0.540. The summed E-state index contributed by atoms with van der Waals surface area (Å²) >= 11 is 0. The van der Waals surface area contributed by atoms with Crippen LogP contribution in [0, 0.1) is 6.92 Å². The van der Waals surface area contributed by atoms with Gasteiger partial charge in [-0.25, -0.2) is 0 Å². The molecule has 3 aromatic rings. The Bertz CT molecular complexity index is 758. The number of aryl methyl sites for hydroxylation is 1. The largest absolute Gasteiger partial charge is 0.361 e. The Morgan fingerprint density at radius 2 is 1.62 bits per heavy atom. The van der Waals surface area contributed by atoms with Crippen molar-refractivity contribution in [2.45, 2.75) is 38.0 Å². The van der Waals surface area contributed by atoms with Gasteiger partial charge >= 0.3 is 0 Å². The van der Waals surface area contributed by atoms with Crippen molar-refractivity contribution in [1.29, 1.82) is 0 Å². The maximum atomic E-state index is 3.47. The number of H-pyrrole nitrogens is 1. The Morgan fingerprint density at radius 1 is 0.905 bits per heavy atom. The molecule has 106 valence electrons. The van der Waals surface area contributed by atoms with Crippen LogP contribution in [0.5, 0.6) is 0 Å². The van der Waals surface area contributed by atoms with Crippen LogP contribution in [0.2, 0.25) is 0 Å². The lowest BCUT2D eigenvalue weighted by Crippen LogP contribution is -2.23. The van der Waals surface area contributed by atoms with Gasteiger partial charge in [0.1, 0.15) is 0 Å². The van der Waals surface area contributed by atoms with Crippen molar-refractivity contribution < 1.29 is 0 Å². The molecule has 0 unspecified atom stereocenters. The van der Waals surface area contributed by atoms with Crippen LogP contribution in [-0.4, -0.2) is 4.98 Å². The van der Waals surface area contributed by atoms with Gasteiger partial charge in [-0.3, -0.25) is 0 Å². The summed E-state index contributed by atoms with van der Waals surface area (Å²) < 4.78 is 0. The van der Waals surface area contributed by atoms with E-state index in [9.17, 15) is 0 Å². The van der Waals surface area contributed by atoms with E-state index in [0.29, 0.717) is 0 Å². The van der Waals surface area contributed by atoms with Crippen LogP contribution in [0.25, 0.3) is 10.9 Å². The van der Waals surface area contributed by atoms with Crippen molar-refractivity contribution in [1.82, 2.24) is 4.98 Å². The summed E-state index contributed by atoms with van der Waals surface area (Å²) in [5.74, 6) is 0. The first kappa shape index (κ1) is 12.7. The van der Waals surface area contributed by atoms with E-state index in [-0.39, 0.29) is 5.41 Å². The van der Waals surface area contributed by atoms with Gasteiger partial charge in [-0.15, -0.1) is 0 Å².